The zero-order valence-electron chi connectivity index (χ0n) is 17.7. The van der Waals surface area contributed by atoms with Crippen molar-refractivity contribution in [3.8, 4) is 17.2 Å². The summed E-state index contributed by atoms with van der Waals surface area (Å²) in [6, 6.07) is 16.4. The molecule has 0 amide bonds. The molecule has 0 radical (unpaired) electrons. The number of fused-ring (bicyclic) bond motifs is 4. The standard InChI is InChI=1S/C26H28N2O3/c29-24-9-6-19-10-13-28(17-23-5-1-2-11-27-23)12-3-4-20-15-25-26(31-18-30-25)16-21(20)7-8-22(24)14-19/h1-2,5-6,9,11,14-16,29H,3-4,7-8,10,12-13,17-18H2. The molecule has 0 saturated carbocycles. The monoisotopic (exact) mass is 416 g/mol. The molecule has 0 saturated heterocycles. The smallest absolute Gasteiger partial charge is 0.231 e. The number of hydrogen-bond donors (Lipinski definition) is 1. The summed E-state index contributed by atoms with van der Waals surface area (Å²) in [6.07, 6.45) is 6.57. The number of aryl methyl sites for hydroxylation is 3. The van der Waals surface area contributed by atoms with Crippen LogP contribution in [0.1, 0.15) is 34.4 Å². The van der Waals surface area contributed by atoms with Crippen molar-refractivity contribution in [2.75, 3.05) is 19.9 Å². The predicted octanol–water partition coefficient (Wildman–Crippen LogP) is 4.29. The van der Waals surface area contributed by atoms with Gasteiger partial charge in [-0.05, 0) is 91.2 Å². The first kappa shape index (κ1) is 19.9. The van der Waals surface area contributed by atoms with Gasteiger partial charge >= 0.3 is 0 Å². The van der Waals surface area contributed by atoms with E-state index in [1.54, 1.807) is 0 Å². The molecule has 2 bridgehead atoms. The molecule has 5 rings (SSSR count). The summed E-state index contributed by atoms with van der Waals surface area (Å²) >= 11 is 0. The fraction of sp³-hybridized carbons (Fsp3) is 0.346. The number of hydrogen-bond acceptors (Lipinski definition) is 5. The van der Waals surface area contributed by atoms with Crippen molar-refractivity contribution in [1.29, 1.82) is 0 Å². The third kappa shape index (κ3) is 4.67. The first-order valence-electron chi connectivity index (χ1n) is 11.1. The van der Waals surface area contributed by atoms with Crippen LogP contribution in [0.2, 0.25) is 0 Å². The average molecular weight is 417 g/mol. The van der Waals surface area contributed by atoms with Crippen LogP contribution in [0.4, 0.5) is 0 Å². The van der Waals surface area contributed by atoms with Crippen molar-refractivity contribution < 1.29 is 14.6 Å². The molecule has 5 nitrogen and oxygen atoms in total. The van der Waals surface area contributed by atoms with Gasteiger partial charge in [-0.15, -0.1) is 0 Å². The molecule has 0 aliphatic carbocycles. The number of benzene rings is 2. The van der Waals surface area contributed by atoms with Crippen molar-refractivity contribution in [3.05, 3.63) is 82.7 Å². The summed E-state index contributed by atoms with van der Waals surface area (Å²) in [4.78, 5) is 7.01. The van der Waals surface area contributed by atoms with Gasteiger partial charge in [0, 0.05) is 19.3 Å². The lowest BCUT2D eigenvalue weighted by Gasteiger charge is -2.22. The lowest BCUT2D eigenvalue weighted by molar-refractivity contribution is 0.174. The second kappa shape index (κ2) is 8.98. The maximum absolute atomic E-state index is 10.4. The van der Waals surface area contributed by atoms with Gasteiger partial charge in [0.15, 0.2) is 11.5 Å². The normalized spacial score (nSPS) is 16.6. The second-order valence-electron chi connectivity index (χ2n) is 8.39. The zero-order chi connectivity index (χ0) is 21.0. The van der Waals surface area contributed by atoms with Gasteiger partial charge in [-0.2, -0.15) is 0 Å². The van der Waals surface area contributed by atoms with Gasteiger partial charge in [-0.3, -0.25) is 9.88 Å². The Morgan fingerprint density at radius 2 is 1.65 bits per heavy atom. The minimum absolute atomic E-state index is 0.291. The summed E-state index contributed by atoms with van der Waals surface area (Å²) in [6.45, 7) is 3.11. The van der Waals surface area contributed by atoms with Gasteiger partial charge in [0.25, 0.3) is 0 Å². The average Bonchev–Trinajstić information content (AvgIpc) is 3.25. The van der Waals surface area contributed by atoms with Crippen molar-refractivity contribution >= 4 is 0 Å². The van der Waals surface area contributed by atoms with Crippen molar-refractivity contribution in [2.45, 2.75) is 38.6 Å². The van der Waals surface area contributed by atoms with E-state index in [2.05, 4.69) is 34.1 Å². The molecular weight excluding hydrogens is 388 g/mol. The van der Waals surface area contributed by atoms with E-state index >= 15 is 0 Å². The van der Waals surface area contributed by atoms with Gasteiger partial charge in [-0.25, -0.2) is 0 Å². The number of phenols is 1. The van der Waals surface area contributed by atoms with Gasteiger partial charge in [0.05, 0.1) is 5.69 Å². The van der Waals surface area contributed by atoms with Gasteiger partial charge in [0.1, 0.15) is 5.75 Å². The van der Waals surface area contributed by atoms with Crippen molar-refractivity contribution in [3.63, 3.8) is 0 Å². The highest BCUT2D eigenvalue weighted by Gasteiger charge is 2.18. The number of aromatic hydroxyl groups is 1. The molecule has 0 atom stereocenters. The third-order valence-corrected chi connectivity index (χ3v) is 6.25. The van der Waals surface area contributed by atoms with Crippen LogP contribution in [-0.2, 0) is 32.2 Å². The number of phenolic OH excluding ortho intramolecular Hbond substituents is 1. The van der Waals surface area contributed by atoms with Crippen LogP contribution >= 0.6 is 0 Å². The quantitative estimate of drug-likeness (QED) is 0.675. The van der Waals surface area contributed by atoms with Gasteiger partial charge in [-0.1, -0.05) is 18.2 Å². The molecule has 3 aromatic rings. The van der Waals surface area contributed by atoms with E-state index in [0.717, 1.165) is 74.5 Å². The van der Waals surface area contributed by atoms with Gasteiger partial charge in [0.2, 0.25) is 6.79 Å². The molecule has 160 valence electrons. The second-order valence-corrected chi connectivity index (χ2v) is 8.39. The highest BCUT2D eigenvalue weighted by molar-refractivity contribution is 5.49. The summed E-state index contributed by atoms with van der Waals surface area (Å²) in [5, 5.41) is 10.4. The Morgan fingerprint density at radius 3 is 2.45 bits per heavy atom. The molecule has 5 heteroatoms. The van der Waals surface area contributed by atoms with E-state index in [1.807, 2.05) is 30.5 Å². The van der Waals surface area contributed by atoms with E-state index in [-0.39, 0.29) is 0 Å². The van der Waals surface area contributed by atoms with E-state index in [4.69, 9.17) is 9.47 Å². The van der Waals surface area contributed by atoms with E-state index in [9.17, 15) is 5.11 Å². The number of nitrogens with zero attached hydrogens (tertiary/aromatic N) is 2. The molecule has 31 heavy (non-hydrogen) atoms. The van der Waals surface area contributed by atoms with Crippen LogP contribution in [0, 0.1) is 0 Å². The van der Waals surface area contributed by atoms with Crippen molar-refractivity contribution in [1.82, 2.24) is 9.88 Å². The highest BCUT2D eigenvalue weighted by Crippen LogP contribution is 2.36. The largest absolute Gasteiger partial charge is 0.508 e. The summed E-state index contributed by atoms with van der Waals surface area (Å²) in [5.74, 6) is 2.06. The Morgan fingerprint density at radius 1 is 0.839 bits per heavy atom. The molecule has 1 N–H and O–H groups in total. The molecule has 2 aliphatic heterocycles. The fourth-order valence-corrected chi connectivity index (χ4v) is 4.53. The van der Waals surface area contributed by atoms with Crippen LogP contribution in [-0.4, -0.2) is 34.9 Å². The highest BCUT2D eigenvalue weighted by atomic mass is 16.7. The topological polar surface area (TPSA) is 54.8 Å². The SMILES string of the molecule is Oc1ccc2cc1CCc1cc3c(cc1CCCN(Cc1ccccn1)CC2)OCO3. The van der Waals surface area contributed by atoms with Crippen LogP contribution in [0.15, 0.2) is 54.7 Å². The molecule has 2 aliphatic rings. The number of ether oxygens (including phenoxy) is 2. The Bertz CT molecular complexity index is 1050. The maximum Gasteiger partial charge on any atom is 0.231 e. The number of pyridine rings is 1. The Kier molecular flexibility index (Phi) is 5.76. The van der Waals surface area contributed by atoms with Crippen LogP contribution in [0.25, 0.3) is 0 Å². The number of aromatic nitrogens is 1. The fourth-order valence-electron chi connectivity index (χ4n) is 4.53. The summed E-state index contributed by atoms with van der Waals surface area (Å²) < 4.78 is 11.3. The summed E-state index contributed by atoms with van der Waals surface area (Å²) in [5.41, 5.74) is 5.98. The first-order chi connectivity index (χ1) is 15.2. The zero-order valence-corrected chi connectivity index (χ0v) is 17.7. The Labute approximate surface area is 183 Å². The predicted molar refractivity (Wildman–Crippen MR) is 120 cm³/mol. The first-order valence-corrected chi connectivity index (χ1v) is 11.1. The third-order valence-electron chi connectivity index (χ3n) is 6.25. The molecule has 3 heterocycles. The van der Waals surface area contributed by atoms with Crippen LogP contribution < -0.4 is 9.47 Å². The minimum Gasteiger partial charge on any atom is -0.508 e. The Balaban J connectivity index is 1.44. The number of rotatable bonds is 2. The molecular formula is C26H28N2O3. The lowest BCUT2D eigenvalue weighted by Crippen LogP contribution is -2.27. The van der Waals surface area contributed by atoms with E-state index < -0.39 is 0 Å². The Hall–Kier alpha value is -3.05. The maximum atomic E-state index is 10.4. The summed E-state index contributed by atoms with van der Waals surface area (Å²) in [7, 11) is 0. The van der Waals surface area contributed by atoms with Gasteiger partial charge < -0.3 is 14.6 Å². The van der Waals surface area contributed by atoms with E-state index in [0.29, 0.717) is 12.5 Å². The van der Waals surface area contributed by atoms with E-state index in [1.165, 1.54) is 16.7 Å². The molecule has 0 spiro atoms. The molecule has 2 aromatic carbocycles. The van der Waals surface area contributed by atoms with Crippen LogP contribution in [0.3, 0.4) is 0 Å². The van der Waals surface area contributed by atoms with Crippen LogP contribution in [0.5, 0.6) is 17.2 Å². The lowest BCUT2D eigenvalue weighted by atomic mass is 9.95. The molecule has 0 unspecified atom stereocenters. The molecule has 1 aromatic heterocycles. The minimum atomic E-state index is 0.291. The van der Waals surface area contributed by atoms with Crippen molar-refractivity contribution in [2.24, 2.45) is 0 Å². The molecule has 0 fully saturated rings.